The van der Waals surface area contributed by atoms with Crippen molar-refractivity contribution in [2.75, 3.05) is 13.7 Å². The van der Waals surface area contributed by atoms with Gasteiger partial charge in [0.1, 0.15) is 5.75 Å². The first kappa shape index (κ1) is 14.3. The van der Waals surface area contributed by atoms with Crippen LogP contribution in [-0.4, -0.2) is 25.4 Å². The number of esters is 1. The number of thiophene rings is 1. The molecule has 0 aliphatic carbocycles. The van der Waals surface area contributed by atoms with Gasteiger partial charge < -0.3 is 9.47 Å². The smallest absolute Gasteiger partial charge is 0.358 e. The monoisotopic (exact) mass is 289 g/mol. The van der Waals surface area contributed by atoms with Gasteiger partial charge >= 0.3 is 5.97 Å². The second-order valence-electron chi connectivity index (χ2n) is 3.86. The van der Waals surface area contributed by atoms with Crippen LogP contribution >= 0.6 is 11.3 Å². The number of hydrogen-bond donors (Lipinski definition) is 0. The summed E-state index contributed by atoms with van der Waals surface area (Å²) in [5, 5.41) is 1.90. The molecular weight excluding hydrogens is 274 g/mol. The first-order chi connectivity index (χ1) is 9.74. The Hall–Kier alpha value is -2.14. The molecule has 0 radical (unpaired) electrons. The quantitative estimate of drug-likeness (QED) is 0.625. The topological polar surface area (TPSA) is 47.9 Å². The zero-order chi connectivity index (χ0) is 14.4. The molecule has 0 saturated heterocycles. The number of nitrogens with zero attached hydrogens (tertiary/aromatic N) is 1. The van der Waals surface area contributed by atoms with Gasteiger partial charge in [0.2, 0.25) is 0 Å². The fourth-order valence-corrected chi connectivity index (χ4v) is 2.30. The average Bonchev–Trinajstić information content (AvgIpc) is 2.99. The Balaban J connectivity index is 2.34. The minimum absolute atomic E-state index is 0.325. The lowest BCUT2D eigenvalue weighted by atomic mass is 10.2. The number of carbonyl (C=O) groups excluding carboxylic acids is 1. The average molecular weight is 289 g/mol. The molecule has 1 aromatic heterocycles. The van der Waals surface area contributed by atoms with Crippen LogP contribution < -0.4 is 4.74 Å². The summed E-state index contributed by atoms with van der Waals surface area (Å²) in [7, 11) is 1.61. The first-order valence-electron chi connectivity index (χ1n) is 6.18. The maximum atomic E-state index is 12.0. The van der Waals surface area contributed by atoms with Gasteiger partial charge in [0, 0.05) is 0 Å². The van der Waals surface area contributed by atoms with Crippen molar-refractivity contribution in [3.8, 4) is 5.75 Å². The molecule has 0 aliphatic heterocycles. The van der Waals surface area contributed by atoms with Crippen LogP contribution in [-0.2, 0) is 9.53 Å². The summed E-state index contributed by atoms with van der Waals surface area (Å²) in [4.78, 5) is 17.2. The maximum Gasteiger partial charge on any atom is 0.358 e. The Morgan fingerprint density at radius 1 is 1.25 bits per heavy atom. The zero-order valence-electron chi connectivity index (χ0n) is 11.3. The van der Waals surface area contributed by atoms with Crippen molar-refractivity contribution >= 4 is 28.7 Å². The zero-order valence-corrected chi connectivity index (χ0v) is 12.1. The summed E-state index contributed by atoms with van der Waals surface area (Å²) in [5.74, 6) is 0.337. The van der Waals surface area contributed by atoms with Gasteiger partial charge in [0.25, 0.3) is 0 Å². The van der Waals surface area contributed by atoms with Crippen molar-refractivity contribution in [2.24, 2.45) is 4.99 Å². The fourth-order valence-electron chi connectivity index (χ4n) is 1.60. The van der Waals surface area contributed by atoms with Gasteiger partial charge in [-0.25, -0.2) is 9.79 Å². The molecule has 5 heteroatoms. The van der Waals surface area contributed by atoms with Crippen LogP contribution in [0, 0.1) is 0 Å². The molecule has 20 heavy (non-hydrogen) atoms. The van der Waals surface area contributed by atoms with Crippen LogP contribution in [0.4, 0.5) is 5.69 Å². The summed E-state index contributed by atoms with van der Waals surface area (Å²) in [6, 6.07) is 10.9. The highest BCUT2D eigenvalue weighted by Gasteiger charge is 2.16. The molecule has 0 N–H and O–H groups in total. The fraction of sp³-hybridized carbons (Fsp3) is 0.200. The van der Waals surface area contributed by atoms with Gasteiger partial charge in [0.05, 0.1) is 24.3 Å². The molecule has 0 bridgehead atoms. The Morgan fingerprint density at radius 2 is 2.00 bits per heavy atom. The minimum atomic E-state index is -0.411. The van der Waals surface area contributed by atoms with Gasteiger partial charge in [-0.15, -0.1) is 11.3 Å². The predicted octanol–water partition coefficient (Wildman–Crippen LogP) is 3.44. The number of ether oxygens (including phenoxy) is 2. The van der Waals surface area contributed by atoms with Crippen LogP contribution in [0.15, 0.2) is 46.8 Å². The third-order valence-corrected chi connectivity index (χ3v) is 3.41. The van der Waals surface area contributed by atoms with Crippen LogP contribution in [0.5, 0.6) is 5.75 Å². The summed E-state index contributed by atoms with van der Waals surface area (Å²) < 4.78 is 10.2. The molecule has 1 heterocycles. The molecule has 4 nitrogen and oxygen atoms in total. The molecule has 0 unspecified atom stereocenters. The SMILES string of the molecule is CCOC(=O)C(=Nc1ccc(OC)cc1)c1cccs1. The van der Waals surface area contributed by atoms with E-state index in [-0.39, 0.29) is 0 Å². The van der Waals surface area contributed by atoms with E-state index >= 15 is 0 Å². The third kappa shape index (κ3) is 3.45. The number of aliphatic imine (C=N–C) groups is 1. The predicted molar refractivity (Wildman–Crippen MR) is 80.1 cm³/mol. The Morgan fingerprint density at radius 3 is 2.55 bits per heavy atom. The first-order valence-corrected chi connectivity index (χ1v) is 7.06. The lowest BCUT2D eigenvalue weighted by Gasteiger charge is -2.05. The van der Waals surface area contributed by atoms with E-state index in [0.29, 0.717) is 18.0 Å². The molecule has 2 rings (SSSR count). The second-order valence-corrected chi connectivity index (χ2v) is 4.80. The highest BCUT2D eigenvalue weighted by Crippen LogP contribution is 2.20. The lowest BCUT2D eigenvalue weighted by molar-refractivity contribution is -0.134. The molecule has 0 atom stereocenters. The largest absolute Gasteiger partial charge is 0.497 e. The summed E-state index contributed by atoms with van der Waals surface area (Å²) in [5.41, 5.74) is 1.01. The van der Waals surface area contributed by atoms with E-state index in [1.807, 2.05) is 17.5 Å². The van der Waals surface area contributed by atoms with E-state index in [9.17, 15) is 4.79 Å². The van der Waals surface area contributed by atoms with Gasteiger partial charge in [-0.3, -0.25) is 0 Å². The van der Waals surface area contributed by atoms with Crippen molar-refractivity contribution in [1.29, 1.82) is 0 Å². The van der Waals surface area contributed by atoms with Crippen molar-refractivity contribution in [1.82, 2.24) is 0 Å². The molecule has 1 aromatic carbocycles. The molecule has 0 amide bonds. The number of carbonyl (C=O) groups is 1. The number of benzene rings is 1. The van der Waals surface area contributed by atoms with E-state index in [4.69, 9.17) is 9.47 Å². The third-order valence-electron chi connectivity index (χ3n) is 2.54. The molecule has 104 valence electrons. The van der Waals surface area contributed by atoms with Crippen LogP contribution in [0.25, 0.3) is 0 Å². The minimum Gasteiger partial charge on any atom is -0.497 e. The molecular formula is C15H15NO3S. The second kappa shape index (κ2) is 6.86. The van der Waals surface area contributed by atoms with Crippen molar-refractivity contribution in [3.63, 3.8) is 0 Å². The van der Waals surface area contributed by atoms with Crippen LogP contribution in [0.2, 0.25) is 0 Å². The van der Waals surface area contributed by atoms with Crippen molar-refractivity contribution < 1.29 is 14.3 Å². The number of methoxy groups -OCH3 is 1. The van der Waals surface area contributed by atoms with E-state index < -0.39 is 5.97 Å². The maximum absolute atomic E-state index is 12.0. The highest BCUT2D eigenvalue weighted by atomic mass is 32.1. The molecule has 0 fully saturated rings. The Bertz CT molecular complexity index is 588. The highest BCUT2D eigenvalue weighted by molar-refractivity contribution is 7.13. The normalized spacial score (nSPS) is 11.2. The van der Waals surface area contributed by atoms with E-state index in [1.54, 1.807) is 38.3 Å². The summed E-state index contributed by atoms with van der Waals surface area (Å²) in [6.07, 6.45) is 0. The molecule has 0 saturated carbocycles. The van der Waals surface area contributed by atoms with Crippen LogP contribution in [0.1, 0.15) is 11.8 Å². The van der Waals surface area contributed by atoms with Crippen LogP contribution in [0.3, 0.4) is 0 Å². The van der Waals surface area contributed by atoms with Gasteiger partial charge in [-0.2, -0.15) is 0 Å². The molecule has 0 spiro atoms. The standard InChI is InChI=1S/C15H15NO3S/c1-3-19-15(17)14(13-5-4-10-20-13)16-11-6-8-12(18-2)9-7-11/h4-10H,3H2,1-2H3. The number of rotatable bonds is 5. The molecule has 2 aromatic rings. The van der Waals surface area contributed by atoms with Crippen molar-refractivity contribution in [2.45, 2.75) is 6.92 Å². The number of hydrogen-bond acceptors (Lipinski definition) is 5. The van der Waals surface area contributed by atoms with E-state index in [2.05, 4.69) is 4.99 Å². The van der Waals surface area contributed by atoms with Gasteiger partial charge in [0.15, 0.2) is 5.71 Å². The Kier molecular flexibility index (Phi) is 4.90. The van der Waals surface area contributed by atoms with Crippen molar-refractivity contribution in [3.05, 3.63) is 46.7 Å². The van der Waals surface area contributed by atoms with Gasteiger partial charge in [-0.05, 0) is 42.6 Å². The van der Waals surface area contributed by atoms with E-state index in [0.717, 1.165) is 10.6 Å². The lowest BCUT2D eigenvalue weighted by Crippen LogP contribution is -2.17. The molecule has 0 aliphatic rings. The van der Waals surface area contributed by atoms with Gasteiger partial charge in [-0.1, -0.05) is 6.07 Å². The van der Waals surface area contributed by atoms with E-state index in [1.165, 1.54) is 11.3 Å². The Labute approximate surface area is 121 Å². The summed E-state index contributed by atoms with van der Waals surface area (Å²) >= 11 is 1.46. The summed E-state index contributed by atoms with van der Waals surface area (Å²) in [6.45, 7) is 2.10.